The van der Waals surface area contributed by atoms with Gasteiger partial charge in [0.05, 0.1) is 12.3 Å². The summed E-state index contributed by atoms with van der Waals surface area (Å²) in [6.07, 6.45) is 0.913. The zero-order valence-electron chi connectivity index (χ0n) is 10.3. The molecule has 0 aliphatic heterocycles. The van der Waals surface area contributed by atoms with E-state index in [4.69, 9.17) is 4.74 Å². The molecular formula is C12H25NO. The van der Waals surface area contributed by atoms with Gasteiger partial charge in [-0.15, -0.1) is 6.58 Å². The molecule has 0 aromatic heterocycles. The fourth-order valence-corrected chi connectivity index (χ4v) is 1.37. The Morgan fingerprint density at radius 3 is 2.43 bits per heavy atom. The highest BCUT2D eigenvalue weighted by Gasteiger charge is 2.17. The van der Waals surface area contributed by atoms with Crippen molar-refractivity contribution in [3.05, 3.63) is 12.2 Å². The molecule has 0 amide bonds. The molecule has 0 aromatic carbocycles. The third kappa shape index (κ3) is 8.27. The molecule has 0 radical (unpaired) electrons. The van der Waals surface area contributed by atoms with Crippen molar-refractivity contribution in [2.75, 3.05) is 13.3 Å². The summed E-state index contributed by atoms with van der Waals surface area (Å²) in [6.45, 7) is 16.1. The van der Waals surface area contributed by atoms with E-state index in [9.17, 15) is 0 Å². The van der Waals surface area contributed by atoms with Crippen LogP contribution in [-0.2, 0) is 4.74 Å². The van der Waals surface area contributed by atoms with Crippen LogP contribution in [0.2, 0.25) is 0 Å². The van der Waals surface area contributed by atoms with Crippen LogP contribution < -0.4 is 5.32 Å². The minimum Gasteiger partial charge on any atom is -0.360 e. The van der Waals surface area contributed by atoms with E-state index in [1.807, 2.05) is 6.92 Å². The van der Waals surface area contributed by atoms with E-state index in [0.29, 0.717) is 12.6 Å². The second kappa shape index (κ2) is 6.20. The Kier molecular flexibility index (Phi) is 6.05. The maximum Gasteiger partial charge on any atom is 0.0972 e. The number of hydrogen-bond donors (Lipinski definition) is 1. The molecule has 0 spiro atoms. The van der Waals surface area contributed by atoms with Gasteiger partial charge >= 0.3 is 0 Å². The maximum atomic E-state index is 5.72. The molecule has 14 heavy (non-hydrogen) atoms. The van der Waals surface area contributed by atoms with Crippen LogP contribution in [0.25, 0.3) is 0 Å². The molecule has 0 aliphatic rings. The third-order valence-electron chi connectivity index (χ3n) is 1.85. The first-order valence-electron chi connectivity index (χ1n) is 5.32. The van der Waals surface area contributed by atoms with Gasteiger partial charge in [-0.1, -0.05) is 19.4 Å². The predicted octanol–water partition coefficient (Wildman–Crippen LogP) is 2.95. The fourth-order valence-electron chi connectivity index (χ4n) is 1.37. The van der Waals surface area contributed by atoms with Crippen molar-refractivity contribution < 1.29 is 4.74 Å². The van der Waals surface area contributed by atoms with Gasteiger partial charge in [-0.25, -0.2) is 0 Å². The van der Waals surface area contributed by atoms with Gasteiger partial charge in [0.2, 0.25) is 0 Å². The molecule has 2 heteroatoms. The molecule has 0 rings (SSSR count). The number of nitrogens with one attached hydrogen (secondary N) is 1. The lowest BCUT2D eigenvalue weighted by atomic mass is 10.0. The van der Waals surface area contributed by atoms with Crippen LogP contribution in [0.15, 0.2) is 12.2 Å². The SMILES string of the molecule is C=C(C)CC(C)(C)OCNCC(C)C. The van der Waals surface area contributed by atoms with E-state index in [2.05, 4.69) is 39.6 Å². The topological polar surface area (TPSA) is 21.3 Å². The Morgan fingerprint density at radius 2 is 2.00 bits per heavy atom. The van der Waals surface area contributed by atoms with Crippen LogP contribution in [0.3, 0.4) is 0 Å². The molecular weight excluding hydrogens is 174 g/mol. The van der Waals surface area contributed by atoms with Crippen LogP contribution in [0, 0.1) is 5.92 Å². The van der Waals surface area contributed by atoms with Gasteiger partial charge in [-0.2, -0.15) is 0 Å². The first-order chi connectivity index (χ1) is 6.33. The smallest absolute Gasteiger partial charge is 0.0972 e. The summed E-state index contributed by atoms with van der Waals surface area (Å²) in [6, 6.07) is 0. The second-order valence-electron chi connectivity index (χ2n) is 5.03. The highest BCUT2D eigenvalue weighted by Crippen LogP contribution is 2.18. The van der Waals surface area contributed by atoms with Gasteiger partial charge < -0.3 is 4.74 Å². The number of hydrogen-bond acceptors (Lipinski definition) is 2. The number of ether oxygens (including phenoxy) is 1. The van der Waals surface area contributed by atoms with Crippen molar-refractivity contribution in [1.82, 2.24) is 5.32 Å². The molecule has 0 aliphatic carbocycles. The molecule has 0 bridgehead atoms. The summed E-state index contributed by atoms with van der Waals surface area (Å²) in [5.41, 5.74) is 1.06. The summed E-state index contributed by atoms with van der Waals surface area (Å²) >= 11 is 0. The standard InChI is InChI=1S/C12H25NO/c1-10(2)7-12(5,6)14-9-13-8-11(3)4/h11,13H,1,7-9H2,2-6H3. The van der Waals surface area contributed by atoms with Crippen LogP contribution in [0.1, 0.15) is 41.0 Å². The zero-order valence-corrected chi connectivity index (χ0v) is 10.3. The maximum absolute atomic E-state index is 5.72. The van der Waals surface area contributed by atoms with E-state index in [-0.39, 0.29) is 5.60 Å². The molecule has 0 heterocycles. The fraction of sp³-hybridized carbons (Fsp3) is 0.833. The highest BCUT2D eigenvalue weighted by molar-refractivity contribution is 4.94. The Balaban J connectivity index is 3.60. The van der Waals surface area contributed by atoms with Crippen LogP contribution in [0.5, 0.6) is 0 Å². The third-order valence-corrected chi connectivity index (χ3v) is 1.85. The second-order valence-corrected chi connectivity index (χ2v) is 5.03. The first kappa shape index (κ1) is 13.7. The van der Waals surface area contributed by atoms with Gasteiger partial charge in [0.1, 0.15) is 0 Å². The summed E-state index contributed by atoms with van der Waals surface area (Å²) < 4.78 is 5.72. The van der Waals surface area contributed by atoms with Crippen molar-refractivity contribution in [3.8, 4) is 0 Å². The quantitative estimate of drug-likeness (QED) is 0.387. The van der Waals surface area contributed by atoms with Crippen molar-refractivity contribution in [3.63, 3.8) is 0 Å². The summed E-state index contributed by atoms with van der Waals surface area (Å²) in [7, 11) is 0. The molecule has 84 valence electrons. The van der Waals surface area contributed by atoms with E-state index < -0.39 is 0 Å². The summed E-state index contributed by atoms with van der Waals surface area (Å²) in [5.74, 6) is 0.669. The molecule has 0 saturated carbocycles. The van der Waals surface area contributed by atoms with E-state index in [1.165, 1.54) is 5.57 Å². The molecule has 1 N–H and O–H groups in total. The Morgan fingerprint density at radius 1 is 1.43 bits per heavy atom. The zero-order chi connectivity index (χ0) is 11.2. The molecule has 0 fully saturated rings. The van der Waals surface area contributed by atoms with Gasteiger partial charge in [0.25, 0.3) is 0 Å². The van der Waals surface area contributed by atoms with Crippen molar-refractivity contribution in [2.45, 2.75) is 46.6 Å². The van der Waals surface area contributed by atoms with Gasteiger partial charge in [0.15, 0.2) is 0 Å². The Hall–Kier alpha value is -0.340. The predicted molar refractivity (Wildman–Crippen MR) is 62.3 cm³/mol. The van der Waals surface area contributed by atoms with Crippen molar-refractivity contribution in [1.29, 1.82) is 0 Å². The molecule has 0 aromatic rings. The minimum atomic E-state index is -0.101. The van der Waals surface area contributed by atoms with Gasteiger partial charge in [-0.3, -0.25) is 5.32 Å². The van der Waals surface area contributed by atoms with Crippen molar-refractivity contribution in [2.24, 2.45) is 5.92 Å². The van der Waals surface area contributed by atoms with Gasteiger partial charge in [0, 0.05) is 0 Å². The Bertz CT molecular complexity index is 173. The average Bonchev–Trinajstić information content (AvgIpc) is 1.95. The molecule has 0 saturated heterocycles. The van der Waals surface area contributed by atoms with Crippen LogP contribution >= 0.6 is 0 Å². The molecule has 0 unspecified atom stereocenters. The van der Waals surface area contributed by atoms with E-state index in [1.54, 1.807) is 0 Å². The number of rotatable bonds is 7. The van der Waals surface area contributed by atoms with Crippen LogP contribution in [0.4, 0.5) is 0 Å². The average molecular weight is 199 g/mol. The monoisotopic (exact) mass is 199 g/mol. The molecule has 0 atom stereocenters. The summed E-state index contributed by atoms with van der Waals surface area (Å²) in [4.78, 5) is 0. The van der Waals surface area contributed by atoms with Crippen LogP contribution in [-0.4, -0.2) is 18.9 Å². The first-order valence-corrected chi connectivity index (χ1v) is 5.32. The van der Waals surface area contributed by atoms with Gasteiger partial charge in [-0.05, 0) is 39.7 Å². The highest BCUT2D eigenvalue weighted by atomic mass is 16.5. The lowest BCUT2D eigenvalue weighted by Gasteiger charge is -2.25. The lowest BCUT2D eigenvalue weighted by molar-refractivity contribution is -0.0271. The molecule has 2 nitrogen and oxygen atoms in total. The summed E-state index contributed by atoms with van der Waals surface area (Å²) in [5, 5.41) is 3.26. The van der Waals surface area contributed by atoms with Crippen molar-refractivity contribution >= 4 is 0 Å². The largest absolute Gasteiger partial charge is 0.360 e. The Labute approximate surface area is 88.7 Å². The van der Waals surface area contributed by atoms with E-state index >= 15 is 0 Å². The normalized spacial score (nSPS) is 12.1. The minimum absolute atomic E-state index is 0.101. The lowest BCUT2D eigenvalue weighted by Crippen LogP contribution is -2.32. The van der Waals surface area contributed by atoms with E-state index in [0.717, 1.165) is 13.0 Å².